The third-order valence-electron chi connectivity index (χ3n) is 2.43. The number of rotatable bonds is 5. The largest absolute Gasteiger partial charge is 0.497 e. The van der Waals surface area contributed by atoms with Crippen molar-refractivity contribution in [1.29, 1.82) is 0 Å². The molecule has 0 aliphatic heterocycles. The number of halogens is 1. The van der Waals surface area contributed by atoms with Gasteiger partial charge in [0.2, 0.25) is 5.91 Å². The van der Waals surface area contributed by atoms with E-state index in [1.54, 1.807) is 19.2 Å². The Morgan fingerprint density at radius 1 is 1.29 bits per heavy atom. The molecule has 21 heavy (non-hydrogen) atoms. The fourth-order valence-electron chi connectivity index (χ4n) is 1.51. The maximum absolute atomic E-state index is 10.6. The monoisotopic (exact) mass is 315 g/mol. The van der Waals surface area contributed by atoms with E-state index < -0.39 is 12.0 Å². The van der Waals surface area contributed by atoms with Crippen molar-refractivity contribution in [3.05, 3.63) is 29.3 Å². The Morgan fingerprint density at radius 2 is 1.81 bits per heavy atom. The second kappa shape index (κ2) is 10.0. The van der Waals surface area contributed by atoms with Crippen LogP contribution in [0.4, 0.5) is 0 Å². The van der Waals surface area contributed by atoms with Gasteiger partial charge < -0.3 is 15.2 Å². The van der Waals surface area contributed by atoms with Crippen LogP contribution in [0.25, 0.3) is 0 Å². The van der Waals surface area contributed by atoms with Crippen molar-refractivity contribution >= 4 is 23.5 Å². The zero-order valence-corrected chi connectivity index (χ0v) is 13.5. The summed E-state index contributed by atoms with van der Waals surface area (Å²) in [6.45, 7) is 5.14. The number of carboxylic acids is 1. The van der Waals surface area contributed by atoms with Gasteiger partial charge in [-0.3, -0.25) is 4.79 Å². The summed E-state index contributed by atoms with van der Waals surface area (Å²) in [5, 5.41) is 11.8. The minimum absolute atomic E-state index is 0.262. The number of methoxy groups -OCH3 is 1. The lowest BCUT2D eigenvalue weighted by atomic mass is 10.0. The molecule has 5 nitrogen and oxygen atoms in total. The summed E-state index contributed by atoms with van der Waals surface area (Å²) in [4.78, 5) is 21.1. The smallest absolute Gasteiger partial charge is 0.326 e. The highest BCUT2D eigenvalue weighted by molar-refractivity contribution is 6.30. The quantitative estimate of drug-likeness (QED) is 0.876. The van der Waals surface area contributed by atoms with Crippen LogP contribution in [0.2, 0.25) is 5.02 Å². The van der Waals surface area contributed by atoms with Gasteiger partial charge in [-0.15, -0.1) is 0 Å². The molecule has 1 atom stereocenters. The molecule has 0 heterocycles. The lowest BCUT2D eigenvalue weighted by Gasteiger charge is -2.14. The molecule has 0 saturated carbocycles. The molecular formula is C15H22ClNO4. The van der Waals surface area contributed by atoms with Crippen LogP contribution in [-0.4, -0.2) is 30.1 Å². The maximum atomic E-state index is 10.6. The van der Waals surface area contributed by atoms with Crippen molar-refractivity contribution in [1.82, 2.24) is 5.32 Å². The molecule has 2 N–H and O–H groups in total. The first kappa shape index (κ1) is 19.2. The Morgan fingerprint density at radius 3 is 2.14 bits per heavy atom. The average Bonchev–Trinajstić information content (AvgIpc) is 2.38. The molecule has 0 saturated heterocycles. The predicted molar refractivity (Wildman–Crippen MR) is 82.7 cm³/mol. The Bertz CT molecular complexity index is 445. The molecule has 1 unspecified atom stereocenters. The van der Waals surface area contributed by atoms with Crippen LogP contribution >= 0.6 is 11.6 Å². The number of ether oxygens (including phenoxy) is 1. The fourth-order valence-corrected chi connectivity index (χ4v) is 1.63. The summed E-state index contributed by atoms with van der Waals surface area (Å²) >= 11 is 5.61. The molecule has 0 aliphatic rings. The van der Waals surface area contributed by atoms with E-state index in [-0.39, 0.29) is 11.8 Å². The molecule has 1 aromatic carbocycles. The minimum Gasteiger partial charge on any atom is -0.497 e. The Hall–Kier alpha value is -1.75. The van der Waals surface area contributed by atoms with E-state index in [0.29, 0.717) is 6.42 Å². The summed E-state index contributed by atoms with van der Waals surface area (Å²) in [5.74, 6) is -0.181. The summed E-state index contributed by atoms with van der Waals surface area (Å²) in [6, 6.07) is 6.48. The van der Waals surface area contributed by atoms with Crippen molar-refractivity contribution < 1.29 is 19.4 Å². The van der Waals surface area contributed by atoms with Gasteiger partial charge in [-0.25, -0.2) is 4.79 Å². The molecule has 0 aliphatic carbocycles. The zero-order chi connectivity index (χ0) is 16.4. The third kappa shape index (κ3) is 9.73. The topological polar surface area (TPSA) is 75.6 Å². The number of nitrogens with one attached hydrogen (secondary N) is 1. The van der Waals surface area contributed by atoms with Gasteiger partial charge in [-0.2, -0.15) is 0 Å². The lowest BCUT2D eigenvalue weighted by Crippen LogP contribution is -2.40. The van der Waals surface area contributed by atoms with Gasteiger partial charge in [0.15, 0.2) is 0 Å². The Kier molecular flexibility index (Phi) is 9.21. The first-order valence-electron chi connectivity index (χ1n) is 6.55. The summed E-state index contributed by atoms with van der Waals surface area (Å²) < 4.78 is 4.91. The van der Waals surface area contributed by atoms with Crippen molar-refractivity contribution in [2.24, 2.45) is 5.92 Å². The molecule has 1 aromatic rings. The maximum Gasteiger partial charge on any atom is 0.326 e. The van der Waals surface area contributed by atoms with E-state index in [9.17, 15) is 9.59 Å². The van der Waals surface area contributed by atoms with Gasteiger partial charge in [0.25, 0.3) is 0 Å². The van der Waals surface area contributed by atoms with Crippen LogP contribution in [0.3, 0.4) is 0 Å². The number of hydrogen-bond donors (Lipinski definition) is 2. The van der Waals surface area contributed by atoms with Gasteiger partial charge in [0.1, 0.15) is 11.8 Å². The highest BCUT2D eigenvalue weighted by Gasteiger charge is 2.18. The predicted octanol–water partition coefficient (Wildman–Crippen LogP) is 2.97. The van der Waals surface area contributed by atoms with E-state index in [2.05, 4.69) is 5.32 Å². The second-order valence-corrected chi connectivity index (χ2v) is 5.32. The minimum atomic E-state index is -0.973. The van der Waals surface area contributed by atoms with Crippen LogP contribution in [0.5, 0.6) is 5.75 Å². The van der Waals surface area contributed by atoms with Crippen molar-refractivity contribution in [2.75, 3.05) is 7.11 Å². The van der Waals surface area contributed by atoms with Crippen molar-refractivity contribution in [3.8, 4) is 5.75 Å². The number of aliphatic carboxylic acids is 1. The summed E-state index contributed by atoms with van der Waals surface area (Å²) in [6.07, 6.45) is 0.467. The van der Waals surface area contributed by atoms with Gasteiger partial charge >= 0.3 is 5.97 Å². The number of carboxylic acid groups (broad SMARTS) is 1. The summed E-state index contributed by atoms with van der Waals surface area (Å²) in [7, 11) is 1.63. The first-order chi connectivity index (χ1) is 9.76. The van der Waals surface area contributed by atoms with Crippen molar-refractivity contribution in [2.45, 2.75) is 33.2 Å². The average molecular weight is 316 g/mol. The molecule has 0 radical (unpaired) electrons. The fraction of sp³-hybridized carbons (Fsp3) is 0.467. The van der Waals surface area contributed by atoms with Gasteiger partial charge in [0, 0.05) is 11.9 Å². The number of carbonyl (C=O) groups excluding carboxylic acids is 1. The highest BCUT2D eigenvalue weighted by atomic mass is 35.5. The van der Waals surface area contributed by atoms with E-state index in [0.717, 1.165) is 10.8 Å². The normalized spacial score (nSPS) is 11.1. The van der Waals surface area contributed by atoms with Gasteiger partial charge in [0.05, 0.1) is 7.11 Å². The molecule has 1 amide bonds. The number of amides is 1. The van der Waals surface area contributed by atoms with E-state index in [4.69, 9.17) is 21.4 Å². The van der Waals surface area contributed by atoms with E-state index >= 15 is 0 Å². The van der Waals surface area contributed by atoms with Gasteiger partial charge in [-0.05, 0) is 36.6 Å². The van der Waals surface area contributed by atoms with Gasteiger partial charge in [-0.1, -0.05) is 25.4 Å². The zero-order valence-electron chi connectivity index (χ0n) is 12.7. The third-order valence-corrected chi connectivity index (χ3v) is 2.68. The summed E-state index contributed by atoms with van der Waals surface area (Å²) in [5.41, 5.74) is 0. The molecule has 118 valence electrons. The molecule has 6 heteroatoms. The Labute approximate surface area is 130 Å². The van der Waals surface area contributed by atoms with Crippen LogP contribution in [0.15, 0.2) is 24.3 Å². The molecule has 0 bridgehead atoms. The highest BCUT2D eigenvalue weighted by Crippen LogP contribution is 2.14. The van der Waals surface area contributed by atoms with E-state index in [1.165, 1.54) is 6.92 Å². The van der Waals surface area contributed by atoms with Crippen LogP contribution < -0.4 is 10.1 Å². The Balaban J connectivity index is 0.000000394. The number of carbonyl (C=O) groups is 2. The molecule has 0 aromatic heterocycles. The lowest BCUT2D eigenvalue weighted by molar-refractivity contribution is -0.142. The van der Waals surface area contributed by atoms with Crippen LogP contribution in [-0.2, 0) is 9.59 Å². The SMILES string of the molecule is CC(=O)NC(CC(C)C)C(=O)O.COc1ccc(Cl)cc1. The number of hydrogen-bond acceptors (Lipinski definition) is 3. The first-order valence-corrected chi connectivity index (χ1v) is 6.93. The standard InChI is InChI=1S/C8H15NO3.C7H7ClO/c1-5(2)4-7(8(11)12)9-6(3)10;1-9-7-4-2-6(8)3-5-7/h5,7H,4H2,1-3H3,(H,9,10)(H,11,12);2-5H,1H3. The second-order valence-electron chi connectivity index (χ2n) is 4.88. The molecule has 0 fully saturated rings. The molecular weight excluding hydrogens is 294 g/mol. The van der Waals surface area contributed by atoms with E-state index in [1.807, 2.05) is 26.0 Å². The van der Waals surface area contributed by atoms with Crippen LogP contribution in [0, 0.1) is 5.92 Å². The van der Waals surface area contributed by atoms with Crippen LogP contribution in [0.1, 0.15) is 27.2 Å². The van der Waals surface area contributed by atoms with Crippen molar-refractivity contribution in [3.63, 3.8) is 0 Å². The molecule has 0 spiro atoms. The molecule has 1 rings (SSSR count). The number of benzene rings is 1.